The highest BCUT2D eigenvalue weighted by Gasteiger charge is 2.02. The predicted octanol–water partition coefficient (Wildman–Crippen LogP) is 1.18. The summed E-state index contributed by atoms with van der Waals surface area (Å²) in [5, 5.41) is 7.52. The number of aromatic nitrogens is 1. The smallest absolute Gasteiger partial charge is 0.322 e. The van der Waals surface area contributed by atoms with E-state index < -0.39 is 0 Å². The molecule has 1 aromatic rings. The van der Waals surface area contributed by atoms with Crippen molar-refractivity contribution in [3.05, 3.63) is 11.1 Å². The van der Waals surface area contributed by atoms with Crippen LogP contribution in [-0.4, -0.2) is 24.9 Å². The number of carbonyl (C=O) groups excluding carboxylic acids is 1. The summed E-state index contributed by atoms with van der Waals surface area (Å²) < 4.78 is 4.67. The zero-order valence-electron chi connectivity index (χ0n) is 7.46. The van der Waals surface area contributed by atoms with Crippen LogP contribution in [-0.2, 0) is 4.74 Å². The van der Waals surface area contributed by atoms with Crippen molar-refractivity contribution in [1.82, 2.24) is 10.3 Å². The summed E-state index contributed by atoms with van der Waals surface area (Å²) in [5.74, 6) is 0. The summed E-state index contributed by atoms with van der Waals surface area (Å²) in [4.78, 5) is 15.1. The number of hydrogen-bond acceptors (Lipinski definition) is 4. The zero-order valence-corrected chi connectivity index (χ0v) is 8.27. The van der Waals surface area contributed by atoms with Crippen molar-refractivity contribution in [3.8, 4) is 0 Å². The first kappa shape index (κ1) is 9.94. The number of thiazole rings is 1. The van der Waals surface area contributed by atoms with Gasteiger partial charge in [-0.2, -0.15) is 0 Å². The van der Waals surface area contributed by atoms with E-state index in [9.17, 15) is 4.79 Å². The number of hydrogen-bond donors (Lipinski definition) is 2. The summed E-state index contributed by atoms with van der Waals surface area (Å²) >= 11 is 1.39. The topological polar surface area (TPSA) is 63.2 Å². The molecule has 1 heterocycles. The normalized spacial score (nSPS) is 9.69. The molecule has 2 N–H and O–H groups in total. The third-order valence-electron chi connectivity index (χ3n) is 1.22. The number of carbonyl (C=O) groups is 1. The summed E-state index contributed by atoms with van der Waals surface area (Å²) in [6.07, 6.45) is 0. The molecule has 2 amide bonds. The maximum absolute atomic E-state index is 11.0. The Labute approximate surface area is 80.1 Å². The molecule has 0 saturated heterocycles. The minimum atomic E-state index is -0.309. The summed E-state index contributed by atoms with van der Waals surface area (Å²) in [5.41, 5.74) is 0.895. The van der Waals surface area contributed by atoms with Gasteiger partial charge >= 0.3 is 6.03 Å². The molecular weight excluding hydrogens is 190 g/mol. The van der Waals surface area contributed by atoms with Gasteiger partial charge in [0.25, 0.3) is 0 Å². The Morgan fingerprint density at radius 3 is 3.08 bits per heavy atom. The van der Waals surface area contributed by atoms with E-state index in [1.807, 2.05) is 12.3 Å². The Morgan fingerprint density at radius 2 is 2.54 bits per heavy atom. The number of ether oxygens (including phenoxy) is 1. The fourth-order valence-electron chi connectivity index (χ4n) is 0.690. The van der Waals surface area contributed by atoms with Gasteiger partial charge in [0.1, 0.15) is 6.73 Å². The maximum Gasteiger partial charge on any atom is 0.322 e. The molecule has 1 aromatic heterocycles. The van der Waals surface area contributed by atoms with Crippen molar-refractivity contribution in [2.45, 2.75) is 6.92 Å². The van der Waals surface area contributed by atoms with Gasteiger partial charge in [-0.3, -0.25) is 5.32 Å². The van der Waals surface area contributed by atoms with Gasteiger partial charge in [0.15, 0.2) is 5.13 Å². The highest BCUT2D eigenvalue weighted by Crippen LogP contribution is 2.13. The Balaban J connectivity index is 2.36. The number of anilines is 1. The number of rotatable bonds is 3. The van der Waals surface area contributed by atoms with Gasteiger partial charge < -0.3 is 10.1 Å². The molecule has 0 saturated carbocycles. The largest absolute Gasteiger partial charge is 0.364 e. The minimum absolute atomic E-state index is 0.191. The third-order valence-corrected chi connectivity index (χ3v) is 2.09. The van der Waals surface area contributed by atoms with Gasteiger partial charge in [-0.05, 0) is 6.92 Å². The van der Waals surface area contributed by atoms with E-state index in [4.69, 9.17) is 0 Å². The summed E-state index contributed by atoms with van der Waals surface area (Å²) in [7, 11) is 1.51. The fraction of sp³-hybridized carbons (Fsp3) is 0.429. The van der Waals surface area contributed by atoms with Crippen LogP contribution < -0.4 is 10.6 Å². The van der Waals surface area contributed by atoms with Crippen LogP contribution in [0.25, 0.3) is 0 Å². The molecule has 0 atom stereocenters. The highest BCUT2D eigenvalue weighted by atomic mass is 32.1. The molecule has 72 valence electrons. The molecule has 0 aliphatic carbocycles. The van der Waals surface area contributed by atoms with Crippen LogP contribution >= 0.6 is 11.3 Å². The SMILES string of the molecule is COCNC(=O)Nc1nc(C)cs1. The second-order valence-corrected chi connectivity index (χ2v) is 3.22. The molecule has 0 bridgehead atoms. The number of aryl methyl sites for hydroxylation is 1. The van der Waals surface area contributed by atoms with Crippen molar-refractivity contribution in [3.63, 3.8) is 0 Å². The fourth-order valence-corrected chi connectivity index (χ4v) is 1.37. The van der Waals surface area contributed by atoms with E-state index >= 15 is 0 Å². The molecule has 0 aromatic carbocycles. The van der Waals surface area contributed by atoms with Crippen LogP contribution in [0.5, 0.6) is 0 Å². The third kappa shape index (κ3) is 3.39. The van der Waals surface area contributed by atoms with E-state index in [0.717, 1.165) is 5.69 Å². The lowest BCUT2D eigenvalue weighted by atomic mass is 10.6. The quantitative estimate of drug-likeness (QED) is 0.722. The molecule has 0 fully saturated rings. The molecule has 0 aliphatic heterocycles. The lowest BCUT2D eigenvalue weighted by Crippen LogP contribution is -2.30. The Hall–Kier alpha value is -1.14. The first-order chi connectivity index (χ1) is 6.22. The second kappa shape index (κ2) is 4.78. The zero-order chi connectivity index (χ0) is 9.68. The molecule has 0 radical (unpaired) electrons. The van der Waals surface area contributed by atoms with E-state index in [1.165, 1.54) is 18.4 Å². The van der Waals surface area contributed by atoms with E-state index in [2.05, 4.69) is 20.4 Å². The number of urea groups is 1. The van der Waals surface area contributed by atoms with Gasteiger partial charge in [0.2, 0.25) is 0 Å². The summed E-state index contributed by atoms with van der Waals surface area (Å²) in [6.45, 7) is 2.06. The highest BCUT2D eigenvalue weighted by molar-refractivity contribution is 7.13. The van der Waals surface area contributed by atoms with Gasteiger partial charge in [-0.1, -0.05) is 0 Å². The first-order valence-electron chi connectivity index (χ1n) is 3.68. The van der Waals surface area contributed by atoms with Crippen molar-refractivity contribution in [2.24, 2.45) is 0 Å². The molecule has 6 heteroatoms. The lowest BCUT2D eigenvalue weighted by molar-refractivity contribution is 0.177. The first-order valence-corrected chi connectivity index (χ1v) is 4.56. The Bertz CT molecular complexity index is 287. The number of methoxy groups -OCH3 is 1. The second-order valence-electron chi connectivity index (χ2n) is 2.36. The van der Waals surface area contributed by atoms with Gasteiger partial charge in [0.05, 0.1) is 5.69 Å². The number of amides is 2. The standard InChI is InChI=1S/C7H11N3O2S/c1-5-3-13-7(9-5)10-6(11)8-4-12-2/h3H,4H2,1-2H3,(H2,8,9,10,11). The molecule has 5 nitrogen and oxygen atoms in total. The monoisotopic (exact) mass is 201 g/mol. The van der Waals surface area contributed by atoms with Crippen LogP contribution in [0.15, 0.2) is 5.38 Å². The minimum Gasteiger partial charge on any atom is -0.364 e. The molecule has 0 unspecified atom stereocenters. The van der Waals surface area contributed by atoms with Crippen molar-refractivity contribution >= 4 is 22.5 Å². The van der Waals surface area contributed by atoms with Crippen LogP contribution in [0.4, 0.5) is 9.93 Å². The van der Waals surface area contributed by atoms with Gasteiger partial charge in [-0.25, -0.2) is 9.78 Å². The van der Waals surface area contributed by atoms with E-state index in [1.54, 1.807) is 0 Å². The number of nitrogens with zero attached hydrogens (tertiary/aromatic N) is 1. The predicted molar refractivity (Wildman–Crippen MR) is 50.9 cm³/mol. The van der Waals surface area contributed by atoms with Crippen LogP contribution in [0.2, 0.25) is 0 Å². The van der Waals surface area contributed by atoms with Gasteiger partial charge in [0, 0.05) is 12.5 Å². The van der Waals surface area contributed by atoms with E-state index in [-0.39, 0.29) is 12.8 Å². The average Bonchev–Trinajstić information content (AvgIpc) is 2.48. The average molecular weight is 201 g/mol. The van der Waals surface area contributed by atoms with Crippen LogP contribution in [0, 0.1) is 6.92 Å². The molecule has 0 aliphatic rings. The Kier molecular flexibility index (Phi) is 3.66. The van der Waals surface area contributed by atoms with Crippen LogP contribution in [0.1, 0.15) is 5.69 Å². The molecular formula is C7H11N3O2S. The van der Waals surface area contributed by atoms with Crippen molar-refractivity contribution < 1.29 is 9.53 Å². The number of nitrogens with one attached hydrogen (secondary N) is 2. The van der Waals surface area contributed by atoms with Gasteiger partial charge in [-0.15, -0.1) is 11.3 Å². The maximum atomic E-state index is 11.0. The van der Waals surface area contributed by atoms with Crippen molar-refractivity contribution in [1.29, 1.82) is 0 Å². The van der Waals surface area contributed by atoms with Crippen molar-refractivity contribution in [2.75, 3.05) is 19.2 Å². The molecule has 13 heavy (non-hydrogen) atoms. The lowest BCUT2D eigenvalue weighted by Gasteiger charge is -2.02. The Morgan fingerprint density at radius 1 is 1.77 bits per heavy atom. The van der Waals surface area contributed by atoms with Crippen LogP contribution in [0.3, 0.4) is 0 Å². The molecule has 0 spiro atoms. The molecule has 1 rings (SSSR count). The van der Waals surface area contributed by atoms with E-state index in [0.29, 0.717) is 5.13 Å². The summed E-state index contributed by atoms with van der Waals surface area (Å²) in [6, 6.07) is -0.309.